The molecule has 0 bridgehead atoms. The molecule has 6 nitrogen and oxygen atoms in total. The number of pyridine rings is 1. The highest BCUT2D eigenvalue weighted by molar-refractivity contribution is 5.94. The molecule has 4 rings (SSSR count). The van der Waals surface area contributed by atoms with Crippen molar-refractivity contribution in [3.05, 3.63) is 77.5 Å². The molecule has 2 aromatic heterocycles. The van der Waals surface area contributed by atoms with Crippen LogP contribution >= 0.6 is 0 Å². The number of nitrogens with zero attached hydrogens (tertiary/aromatic N) is 4. The van der Waals surface area contributed by atoms with Crippen molar-refractivity contribution >= 4 is 5.91 Å². The zero-order valence-electron chi connectivity index (χ0n) is 14.0. The number of ether oxygens (including phenoxy) is 1. The second-order valence-corrected chi connectivity index (χ2v) is 6.07. The van der Waals surface area contributed by atoms with Crippen LogP contribution < -0.4 is 4.74 Å². The third-order valence-electron chi connectivity index (χ3n) is 4.27. The van der Waals surface area contributed by atoms with E-state index in [1.807, 2.05) is 41.1 Å². The van der Waals surface area contributed by atoms with E-state index in [0.29, 0.717) is 37.7 Å². The molecule has 132 valence electrons. The minimum Gasteiger partial charge on any atom is -0.472 e. The van der Waals surface area contributed by atoms with Crippen LogP contribution in [0.3, 0.4) is 0 Å². The highest BCUT2D eigenvalue weighted by atomic mass is 19.1. The van der Waals surface area contributed by atoms with E-state index in [0.717, 1.165) is 17.3 Å². The summed E-state index contributed by atoms with van der Waals surface area (Å²) in [6.45, 7) is 1.93. The molecule has 0 saturated carbocycles. The van der Waals surface area contributed by atoms with Gasteiger partial charge < -0.3 is 9.64 Å². The smallest absolute Gasteiger partial charge is 0.254 e. The maximum atomic E-state index is 13.2. The SMILES string of the molecule is O=C(c1ccnc(F)c1)N1CCn2nc(OCc3ccccc3)cc2C1. The first-order valence-electron chi connectivity index (χ1n) is 8.33. The highest BCUT2D eigenvalue weighted by Crippen LogP contribution is 2.20. The van der Waals surface area contributed by atoms with E-state index in [-0.39, 0.29) is 5.91 Å². The first-order valence-corrected chi connectivity index (χ1v) is 8.33. The summed E-state index contributed by atoms with van der Waals surface area (Å²) in [6.07, 6.45) is 1.30. The number of rotatable bonds is 4. The molecule has 0 saturated heterocycles. The molecule has 0 aliphatic carbocycles. The Labute approximate surface area is 149 Å². The molecule has 1 aromatic carbocycles. The number of carbonyl (C=O) groups excluding carboxylic acids is 1. The van der Waals surface area contributed by atoms with E-state index in [2.05, 4.69) is 10.1 Å². The Kier molecular flexibility index (Phi) is 4.35. The van der Waals surface area contributed by atoms with Crippen LogP contribution in [0.15, 0.2) is 54.7 Å². The lowest BCUT2D eigenvalue weighted by molar-refractivity contribution is 0.0705. The number of aromatic nitrogens is 3. The Hall–Kier alpha value is -3.22. The zero-order chi connectivity index (χ0) is 17.9. The van der Waals surface area contributed by atoms with Gasteiger partial charge in [0.25, 0.3) is 5.91 Å². The molecule has 7 heteroatoms. The number of halogens is 1. The number of fused-ring (bicyclic) bond motifs is 1. The number of carbonyl (C=O) groups is 1. The van der Waals surface area contributed by atoms with E-state index < -0.39 is 5.95 Å². The van der Waals surface area contributed by atoms with E-state index in [9.17, 15) is 9.18 Å². The van der Waals surface area contributed by atoms with Gasteiger partial charge in [0.1, 0.15) is 6.61 Å². The summed E-state index contributed by atoms with van der Waals surface area (Å²) >= 11 is 0. The molecule has 0 spiro atoms. The topological polar surface area (TPSA) is 60.2 Å². The van der Waals surface area contributed by atoms with Crippen LogP contribution in [0.4, 0.5) is 4.39 Å². The van der Waals surface area contributed by atoms with Crippen LogP contribution in [0, 0.1) is 5.95 Å². The van der Waals surface area contributed by atoms with Gasteiger partial charge in [-0.3, -0.25) is 9.48 Å². The lowest BCUT2D eigenvalue weighted by Crippen LogP contribution is -2.38. The van der Waals surface area contributed by atoms with Gasteiger partial charge >= 0.3 is 0 Å². The van der Waals surface area contributed by atoms with Gasteiger partial charge in [-0.25, -0.2) is 4.98 Å². The monoisotopic (exact) mass is 352 g/mol. The zero-order valence-corrected chi connectivity index (χ0v) is 14.0. The summed E-state index contributed by atoms with van der Waals surface area (Å²) in [5, 5.41) is 4.43. The Morgan fingerprint density at radius 3 is 2.81 bits per heavy atom. The van der Waals surface area contributed by atoms with Gasteiger partial charge in [-0.15, -0.1) is 5.10 Å². The van der Waals surface area contributed by atoms with Crippen molar-refractivity contribution in [1.82, 2.24) is 19.7 Å². The van der Waals surface area contributed by atoms with E-state index in [4.69, 9.17) is 4.74 Å². The molecular weight excluding hydrogens is 335 g/mol. The molecule has 3 aromatic rings. The van der Waals surface area contributed by atoms with Crippen LogP contribution in [0.1, 0.15) is 21.6 Å². The molecule has 0 unspecified atom stereocenters. The fourth-order valence-corrected chi connectivity index (χ4v) is 2.93. The van der Waals surface area contributed by atoms with Crippen molar-refractivity contribution in [1.29, 1.82) is 0 Å². The van der Waals surface area contributed by atoms with Gasteiger partial charge in [0.05, 0.1) is 18.8 Å². The Morgan fingerprint density at radius 2 is 2.00 bits per heavy atom. The van der Waals surface area contributed by atoms with E-state index in [1.165, 1.54) is 12.3 Å². The van der Waals surface area contributed by atoms with Crippen molar-refractivity contribution in [3.8, 4) is 5.88 Å². The maximum absolute atomic E-state index is 13.2. The Bertz CT molecular complexity index is 926. The van der Waals surface area contributed by atoms with Crippen LogP contribution in [0.2, 0.25) is 0 Å². The second kappa shape index (κ2) is 6.95. The summed E-state index contributed by atoms with van der Waals surface area (Å²) in [4.78, 5) is 17.7. The fraction of sp³-hybridized carbons (Fsp3) is 0.211. The maximum Gasteiger partial charge on any atom is 0.254 e. The molecule has 1 amide bonds. The molecule has 0 fully saturated rings. The van der Waals surface area contributed by atoms with Crippen LogP contribution in [0.25, 0.3) is 0 Å². The summed E-state index contributed by atoms with van der Waals surface area (Å²) < 4.78 is 20.8. The number of amides is 1. The van der Waals surface area contributed by atoms with E-state index >= 15 is 0 Å². The fourth-order valence-electron chi connectivity index (χ4n) is 2.93. The summed E-state index contributed by atoms with van der Waals surface area (Å²) in [7, 11) is 0. The standard InChI is InChI=1S/C19H17FN4O2/c20-17-10-15(6-7-21-17)19(25)23-8-9-24-16(12-23)11-18(22-24)26-13-14-4-2-1-3-5-14/h1-7,10-11H,8-9,12-13H2. The first-order chi connectivity index (χ1) is 12.7. The molecule has 0 radical (unpaired) electrons. The average molecular weight is 352 g/mol. The van der Waals surface area contributed by atoms with Gasteiger partial charge in [0.15, 0.2) is 0 Å². The molecule has 3 heterocycles. The van der Waals surface area contributed by atoms with Crippen LogP contribution in [-0.4, -0.2) is 32.1 Å². The van der Waals surface area contributed by atoms with Gasteiger partial charge in [0, 0.05) is 30.4 Å². The van der Waals surface area contributed by atoms with Gasteiger partial charge in [-0.1, -0.05) is 30.3 Å². The largest absolute Gasteiger partial charge is 0.472 e. The third kappa shape index (κ3) is 3.42. The van der Waals surface area contributed by atoms with Crippen molar-refractivity contribution in [2.24, 2.45) is 0 Å². The lowest BCUT2D eigenvalue weighted by Gasteiger charge is -2.27. The molecule has 1 aliphatic rings. The van der Waals surface area contributed by atoms with E-state index in [1.54, 1.807) is 4.90 Å². The molecule has 1 aliphatic heterocycles. The summed E-state index contributed by atoms with van der Waals surface area (Å²) in [5.41, 5.74) is 2.25. The van der Waals surface area contributed by atoms with Crippen molar-refractivity contribution in [2.45, 2.75) is 19.7 Å². The Morgan fingerprint density at radius 1 is 1.15 bits per heavy atom. The molecule has 26 heavy (non-hydrogen) atoms. The van der Waals surface area contributed by atoms with Crippen molar-refractivity contribution in [3.63, 3.8) is 0 Å². The van der Waals surface area contributed by atoms with Crippen molar-refractivity contribution in [2.75, 3.05) is 6.54 Å². The van der Waals surface area contributed by atoms with Crippen LogP contribution in [0.5, 0.6) is 5.88 Å². The first kappa shape index (κ1) is 16.3. The predicted molar refractivity (Wildman–Crippen MR) is 91.9 cm³/mol. The number of hydrogen-bond acceptors (Lipinski definition) is 4. The molecule has 0 atom stereocenters. The quantitative estimate of drug-likeness (QED) is 0.678. The predicted octanol–water partition coefficient (Wildman–Crippen LogP) is 2.65. The average Bonchev–Trinajstić information content (AvgIpc) is 3.08. The van der Waals surface area contributed by atoms with Crippen LogP contribution in [-0.2, 0) is 19.7 Å². The Balaban J connectivity index is 1.44. The minimum atomic E-state index is -0.658. The van der Waals surface area contributed by atoms with Gasteiger partial charge in [-0.05, 0) is 11.6 Å². The molecular formula is C19H17FN4O2. The number of hydrogen-bond donors (Lipinski definition) is 0. The van der Waals surface area contributed by atoms with Gasteiger partial charge in [-0.2, -0.15) is 4.39 Å². The summed E-state index contributed by atoms with van der Waals surface area (Å²) in [5.74, 6) is -0.340. The normalized spacial score (nSPS) is 13.3. The second-order valence-electron chi connectivity index (χ2n) is 6.07. The minimum absolute atomic E-state index is 0.217. The van der Waals surface area contributed by atoms with Crippen molar-refractivity contribution < 1.29 is 13.9 Å². The summed E-state index contributed by atoms with van der Waals surface area (Å²) in [6, 6.07) is 14.4. The van der Waals surface area contributed by atoms with Gasteiger partial charge in [0.2, 0.25) is 11.8 Å². The molecule has 0 N–H and O–H groups in total. The number of benzene rings is 1. The lowest BCUT2D eigenvalue weighted by atomic mass is 10.2. The highest BCUT2D eigenvalue weighted by Gasteiger charge is 2.24. The third-order valence-corrected chi connectivity index (χ3v) is 4.27.